The van der Waals surface area contributed by atoms with Crippen LogP contribution in [0.1, 0.15) is 33.2 Å². The zero-order chi connectivity index (χ0) is 16.3. The predicted molar refractivity (Wildman–Crippen MR) is 81.7 cm³/mol. The van der Waals surface area contributed by atoms with Crippen molar-refractivity contribution < 1.29 is 24.5 Å². The lowest BCUT2D eigenvalue weighted by Gasteiger charge is -2.17. The summed E-state index contributed by atoms with van der Waals surface area (Å²) in [7, 11) is 1.27. The maximum absolute atomic E-state index is 11.6. The van der Waals surface area contributed by atoms with Crippen LogP contribution < -0.4 is 4.74 Å². The number of carbonyl (C=O) groups is 2. The minimum atomic E-state index is -1.22. The van der Waals surface area contributed by atoms with Gasteiger partial charge in [-0.25, -0.2) is 9.59 Å². The molecule has 0 unspecified atom stereocenters. The molecule has 0 aliphatic heterocycles. The fraction of sp³-hybridized carbons (Fsp3) is 0.176. The molecule has 5 heteroatoms. The molecular weight excluding hydrogens is 284 g/mol. The van der Waals surface area contributed by atoms with E-state index in [0.29, 0.717) is 17.5 Å². The quantitative estimate of drug-likeness (QED) is 0.885. The number of rotatable bonds is 5. The molecular formula is C17H16O5. The second-order valence-electron chi connectivity index (χ2n) is 4.69. The molecule has 0 aromatic heterocycles. The molecule has 5 nitrogen and oxygen atoms in total. The second kappa shape index (κ2) is 6.30. The molecule has 0 saturated carbocycles. The van der Waals surface area contributed by atoms with Gasteiger partial charge in [-0.3, -0.25) is 0 Å². The summed E-state index contributed by atoms with van der Waals surface area (Å²) in [4.78, 5) is 23.1. The molecule has 0 aliphatic rings. The average molecular weight is 300 g/mol. The molecule has 0 amide bonds. The Morgan fingerprint density at radius 1 is 1.09 bits per heavy atom. The Morgan fingerprint density at radius 3 is 2.18 bits per heavy atom. The average Bonchev–Trinajstić information content (AvgIpc) is 2.53. The third-order valence-corrected chi connectivity index (χ3v) is 3.47. The number of benzene rings is 2. The number of ether oxygens (including phenoxy) is 1. The van der Waals surface area contributed by atoms with Gasteiger partial charge in [-0.2, -0.15) is 0 Å². The summed E-state index contributed by atoms with van der Waals surface area (Å²) in [5.41, 5.74) is 1.67. The third-order valence-electron chi connectivity index (χ3n) is 3.47. The van der Waals surface area contributed by atoms with Crippen molar-refractivity contribution in [1.82, 2.24) is 0 Å². The smallest absolute Gasteiger partial charge is 0.339 e. The van der Waals surface area contributed by atoms with E-state index in [1.165, 1.54) is 13.2 Å². The van der Waals surface area contributed by atoms with Crippen LogP contribution >= 0.6 is 0 Å². The highest BCUT2D eigenvalue weighted by Gasteiger charge is 2.26. The number of hydrogen-bond donors (Lipinski definition) is 2. The first-order valence-corrected chi connectivity index (χ1v) is 6.77. The van der Waals surface area contributed by atoms with Crippen molar-refractivity contribution in [2.75, 3.05) is 7.11 Å². The predicted octanol–water partition coefficient (Wildman–Crippen LogP) is 3.32. The van der Waals surface area contributed by atoms with Gasteiger partial charge in [0.2, 0.25) is 0 Å². The summed E-state index contributed by atoms with van der Waals surface area (Å²) in [5.74, 6) is -2.54. The first kappa shape index (κ1) is 15.6. The zero-order valence-corrected chi connectivity index (χ0v) is 12.3. The molecule has 114 valence electrons. The lowest BCUT2D eigenvalue weighted by molar-refractivity contribution is 0.0690. The Morgan fingerprint density at radius 2 is 1.73 bits per heavy atom. The highest BCUT2D eigenvalue weighted by Crippen LogP contribution is 2.36. The normalized spacial score (nSPS) is 10.3. The number of methoxy groups -OCH3 is 1. The minimum Gasteiger partial charge on any atom is -0.495 e. The van der Waals surface area contributed by atoms with Crippen molar-refractivity contribution in [1.29, 1.82) is 0 Å². The monoisotopic (exact) mass is 300 g/mol. The molecule has 2 N–H and O–H groups in total. The number of hydrogen-bond acceptors (Lipinski definition) is 3. The van der Waals surface area contributed by atoms with Crippen LogP contribution in [0.4, 0.5) is 0 Å². The summed E-state index contributed by atoms with van der Waals surface area (Å²) in [6, 6.07) is 10.6. The Labute approximate surface area is 127 Å². The van der Waals surface area contributed by atoms with Crippen LogP contribution in [0.3, 0.4) is 0 Å². The van der Waals surface area contributed by atoms with Crippen molar-refractivity contribution in [2.24, 2.45) is 0 Å². The van der Waals surface area contributed by atoms with Crippen molar-refractivity contribution >= 4 is 11.9 Å². The number of carboxylic acid groups (broad SMARTS) is 2. The molecule has 0 fully saturated rings. The molecule has 0 atom stereocenters. The van der Waals surface area contributed by atoms with E-state index >= 15 is 0 Å². The van der Waals surface area contributed by atoms with Crippen molar-refractivity contribution in [3.05, 3.63) is 53.1 Å². The highest BCUT2D eigenvalue weighted by molar-refractivity contribution is 6.02. The highest BCUT2D eigenvalue weighted by atomic mass is 16.5. The molecule has 0 bridgehead atoms. The van der Waals surface area contributed by atoms with E-state index in [1.807, 2.05) is 37.3 Å². The van der Waals surface area contributed by atoms with Crippen molar-refractivity contribution in [2.45, 2.75) is 13.3 Å². The third kappa shape index (κ3) is 2.65. The molecule has 0 spiro atoms. The summed E-state index contributed by atoms with van der Waals surface area (Å²) < 4.78 is 5.07. The fourth-order valence-electron chi connectivity index (χ4n) is 2.54. The molecule has 0 saturated heterocycles. The van der Waals surface area contributed by atoms with Crippen LogP contribution in [0.15, 0.2) is 36.4 Å². The van der Waals surface area contributed by atoms with Crippen LogP contribution in [-0.4, -0.2) is 29.3 Å². The van der Waals surface area contributed by atoms with E-state index < -0.39 is 11.9 Å². The lowest BCUT2D eigenvalue weighted by atomic mass is 9.90. The van der Waals surface area contributed by atoms with Crippen LogP contribution in [0, 0.1) is 0 Å². The van der Waals surface area contributed by atoms with Gasteiger partial charge in [0.05, 0.1) is 7.11 Å². The van der Waals surface area contributed by atoms with Crippen LogP contribution in [0.25, 0.3) is 11.1 Å². The molecule has 2 rings (SSSR count). The first-order chi connectivity index (χ1) is 10.5. The largest absolute Gasteiger partial charge is 0.495 e. The van der Waals surface area contributed by atoms with E-state index in [1.54, 1.807) is 0 Å². The Balaban J connectivity index is 2.90. The number of aromatic carboxylic acids is 2. The standard InChI is InChI=1S/C17H16O5/c1-3-11-12(10-7-5-4-6-8-10)9-13(16(18)19)15(22-2)14(11)17(20)21/h4-9H,3H2,1-2H3,(H,18,19)(H,20,21). The van der Waals surface area contributed by atoms with Crippen LogP contribution in [0.2, 0.25) is 0 Å². The van der Waals surface area contributed by atoms with Gasteiger partial charge in [0.1, 0.15) is 16.9 Å². The molecule has 22 heavy (non-hydrogen) atoms. The van der Waals surface area contributed by atoms with Gasteiger partial charge in [0.15, 0.2) is 0 Å². The molecule has 0 radical (unpaired) electrons. The van der Waals surface area contributed by atoms with Gasteiger partial charge in [-0.05, 0) is 29.2 Å². The SMILES string of the molecule is CCc1c(-c2ccccc2)cc(C(=O)O)c(OC)c1C(=O)O. The summed E-state index contributed by atoms with van der Waals surface area (Å²) in [6.45, 7) is 1.83. The van der Waals surface area contributed by atoms with Gasteiger partial charge < -0.3 is 14.9 Å². The summed E-state index contributed by atoms with van der Waals surface area (Å²) in [6.07, 6.45) is 0.447. The number of carboxylic acids is 2. The van der Waals surface area contributed by atoms with Crippen LogP contribution in [0.5, 0.6) is 5.75 Å². The fourth-order valence-corrected chi connectivity index (χ4v) is 2.54. The second-order valence-corrected chi connectivity index (χ2v) is 4.69. The van der Waals surface area contributed by atoms with Gasteiger partial charge in [-0.1, -0.05) is 37.3 Å². The first-order valence-electron chi connectivity index (χ1n) is 6.77. The maximum atomic E-state index is 11.6. The lowest BCUT2D eigenvalue weighted by Crippen LogP contribution is -2.12. The zero-order valence-electron chi connectivity index (χ0n) is 12.3. The molecule has 0 heterocycles. The van der Waals surface area contributed by atoms with Gasteiger partial charge in [-0.15, -0.1) is 0 Å². The molecule has 2 aromatic carbocycles. The van der Waals surface area contributed by atoms with E-state index in [4.69, 9.17) is 4.74 Å². The van der Waals surface area contributed by atoms with E-state index in [0.717, 1.165) is 5.56 Å². The van der Waals surface area contributed by atoms with E-state index in [-0.39, 0.29) is 16.9 Å². The van der Waals surface area contributed by atoms with Crippen LogP contribution in [-0.2, 0) is 6.42 Å². The van der Waals surface area contributed by atoms with Gasteiger partial charge in [0, 0.05) is 0 Å². The van der Waals surface area contributed by atoms with Gasteiger partial charge in [0.25, 0.3) is 0 Å². The minimum absolute atomic E-state index is 0.0937. The molecule has 0 aliphatic carbocycles. The summed E-state index contributed by atoms with van der Waals surface area (Å²) in [5, 5.41) is 18.9. The Hall–Kier alpha value is -2.82. The van der Waals surface area contributed by atoms with Gasteiger partial charge >= 0.3 is 11.9 Å². The topological polar surface area (TPSA) is 83.8 Å². The Kier molecular flexibility index (Phi) is 4.46. The van der Waals surface area contributed by atoms with Crippen molar-refractivity contribution in [3.8, 4) is 16.9 Å². The van der Waals surface area contributed by atoms with Crippen molar-refractivity contribution in [3.63, 3.8) is 0 Å². The van der Waals surface area contributed by atoms with E-state index in [2.05, 4.69) is 0 Å². The maximum Gasteiger partial charge on any atom is 0.339 e. The molecule has 2 aromatic rings. The Bertz CT molecular complexity index is 720. The summed E-state index contributed by atoms with van der Waals surface area (Å²) >= 11 is 0. The van der Waals surface area contributed by atoms with E-state index in [9.17, 15) is 19.8 Å².